The Labute approximate surface area is 105 Å². The fourth-order valence-corrected chi connectivity index (χ4v) is 1.99. The topological polar surface area (TPSA) is 41.6 Å². The Balaban J connectivity index is 2.19. The number of nitriles is 1. The SMILES string of the molecule is Cc1ccc(-n2ncc3cc(C#N)ccc32)cc1. The molecule has 0 aliphatic heterocycles. The molecule has 1 aromatic heterocycles. The Bertz CT molecular complexity index is 745. The second-order valence-corrected chi connectivity index (χ2v) is 4.28. The Morgan fingerprint density at radius 3 is 2.61 bits per heavy atom. The molecule has 0 unspecified atom stereocenters. The van der Waals surface area contributed by atoms with Gasteiger partial charge >= 0.3 is 0 Å². The van der Waals surface area contributed by atoms with Gasteiger partial charge in [-0.05, 0) is 37.3 Å². The van der Waals surface area contributed by atoms with Gasteiger partial charge in [0.2, 0.25) is 0 Å². The quantitative estimate of drug-likeness (QED) is 0.647. The highest BCUT2D eigenvalue weighted by Crippen LogP contribution is 2.19. The van der Waals surface area contributed by atoms with Crippen molar-refractivity contribution < 1.29 is 0 Å². The average Bonchev–Trinajstić information content (AvgIpc) is 2.82. The van der Waals surface area contributed by atoms with Crippen molar-refractivity contribution in [1.29, 1.82) is 5.26 Å². The zero-order valence-electron chi connectivity index (χ0n) is 9.96. The van der Waals surface area contributed by atoms with Crippen molar-refractivity contribution >= 4 is 10.9 Å². The highest BCUT2D eigenvalue weighted by molar-refractivity contribution is 5.81. The number of benzene rings is 2. The number of fused-ring (bicyclic) bond motifs is 1. The van der Waals surface area contributed by atoms with Crippen molar-refractivity contribution in [3.63, 3.8) is 0 Å². The van der Waals surface area contributed by atoms with Crippen LogP contribution in [0.5, 0.6) is 0 Å². The summed E-state index contributed by atoms with van der Waals surface area (Å²) in [5.41, 5.74) is 3.92. The van der Waals surface area contributed by atoms with E-state index >= 15 is 0 Å². The molecule has 0 atom stereocenters. The van der Waals surface area contributed by atoms with Gasteiger partial charge in [0.1, 0.15) is 0 Å². The van der Waals surface area contributed by atoms with E-state index in [-0.39, 0.29) is 0 Å². The molecule has 2 aromatic carbocycles. The van der Waals surface area contributed by atoms with Gasteiger partial charge in [0.05, 0.1) is 29.0 Å². The van der Waals surface area contributed by atoms with Crippen molar-refractivity contribution in [2.24, 2.45) is 0 Å². The average molecular weight is 233 g/mol. The second-order valence-electron chi connectivity index (χ2n) is 4.28. The minimum atomic E-state index is 0.658. The molecule has 0 saturated carbocycles. The Morgan fingerprint density at radius 1 is 1.11 bits per heavy atom. The largest absolute Gasteiger partial charge is 0.233 e. The Hall–Kier alpha value is -2.60. The molecule has 0 N–H and O–H groups in total. The van der Waals surface area contributed by atoms with Gasteiger partial charge in [-0.15, -0.1) is 0 Å². The van der Waals surface area contributed by atoms with E-state index in [1.54, 1.807) is 6.20 Å². The van der Waals surface area contributed by atoms with Crippen LogP contribution in [0, 0.1) is 18.3 Å². The summed E-state index contributed by atoms with van der Waals surface area (Å²) in [5, 5.41) is 14.2. The van der Waals surface area contributed by atoms with E-state index in [9.17, 15) is 0 Å². The summed E-state index contributed by atoms with van der Waals surface area (Å²) in [7, 11) is 0. The van der Waals surface area contributed by atoms with Gasteiger partial charge in [0.15, 0.2) is 0 Å². The van der Waals surface area contributed by atoms with Gasteiger partial charge in [-0.2, -0.15) is 10.4 Å². The molecular formula is C15H11N3. The predicted octanol–water partition coefficient (Wildman–Crippen LogP) is 3.21. The van der Waals surface area contributed by atoms with Crippen LogP contribution < -0.4 is 0 Å². The van der Waals surface area contributed by atoms with E-state index in [0.717, 1.165) is 16.6 Å². The molecule has 86 valence electrons. The van der Waals surface area contributed by atoms with Crippen LogP contribution in [0.15, 0.2) is 48.7 Å². The van der Waals surface area contributed by atoms with Crippen LogP contribution in [-0.4, -0.2) is 9.78 Å². The molecular weight excluding hydrogens is 222 g/mol. The van der Waals surface area contributed by atoms with E-state index < -0.39 is 0 Å². The van der Waals surface area contributed by atoms with Crippen molar-refractivity contribution in [1.82, 2.24) is 9.78 Å². The van der Waals surface area contributed by atoms with E-state index in [1.807, 2.05) is 35.0 Å². The molecule has 0 aliphatic carbocycles. The fourth-order valence-electron chi connectivity index (χ4n) is 1.99. The molecule has 3 heteroatoms. The molecule has 0 saturated heterocycles. The zero-order chi connectivity index (χ0) is 12.5. The summed E-state index contributed by atoms with van der Waals surface area (Å²) in [6.45, 7) is 2.06. The van der Waals surface area contributed by atoms with Crippen LogP contribution >= 0.6 is 0 Å². The lowest BCUT2D eigenvalue weighted by Crippen LogP contribution is -1.95. The molecule has 0 spiro atoms. The number of aromatic nitrogens is 2. The van der Waals surface area contributed by atoms with Crippen LogP contribution in [0.1, 0.15) is 11.1 Å². The van der Waals surface area contributed by atoms with Gasteiger partial charge in [0, 0.05) is 5.39 Å². The molecule has 0 fully saturated rings. The molecule has 0 bridgehead atoms. The van der Waals surface area contributed by atoms with Gasteiger partial charge in [-0.3, -0.25) is 0 Å². The number of nitrogens with zero attached hydrogens (tertiary/aromatic N) is 3. The van der Waals surface area contributed by atoms with Crippen molar-refractivity contribution in [3.8, 4) is 11.8 Å². The first-order valence-electron chi connectivity index (χ1n) is 5.73. The molecule has 3 rings (SSSR count). The van der Waals surface area contributed by atoms with Gasteiger partial charge in [0.25, 0.3) is 0 Å². The number of rotatable bonds is 1. The summed E-state index contributed by atoms with van der Waals surface area (Å²) >= 11 is 0. The molecule has 0 radical (unpaired) electrons. The number of aryl methyl sites for hydroxylation is 1. The summed E-state index contributed by atoms with van der Waals surface area (Å²) in [6, 6.07) is 15.9. The minimum Gasteiger partial charge on any atom is -0.233 e. The normalized spacial score (nSPS) is 10.4. The van der Waals surface area contributed by atoms with Gasteiger partial charge in [-0.25, -0.2) is 4.68 Å². The van der Waals surface area contributed by atoms with E-state index in [1.165, 1.54) is 5.56 Å². The maximum atomic E-state index is 8.87. The molecule has 3 nitrogen and oxygen atoms in total. The van der Waals surface area contributed by atoms with Crippen LogP contribution in [0.25, 0.3) is 16.6 Å². The lowest BCUT2D eigenvalue weighted by Gasteiger charge is -2.03. The van der Waals surface area contributed by atoms with Crippen LogP contribution in [0.2, 0.25) is 0 Å². The van der Waals surface area contributed by atoms with E-state index in [2.05, 4.69) is 30.2 Å². The lowest BCUT2D eigenvalue weighted by atomic mass is 10.2. The van der Waals surface area contributed by atoms with E-state index in [0.29, 0.717) is 5.56 Å². The fraction of sp³-hybridized carbons (Fsp3) is 0.0667. The first-order chi connectivity index (χ1) is 8.78. The molecule has 3 aromatic rings. The first kappa shape index (κ1) is 10.5. The predicted molar refractivity (Wildman–Crippen MR) is 70.5 cm³/mol. The summed E-state index contributed by atoms with van der Waals surface area (Å²) in [5.74, 6) is 0. The molecule has 1 heterocycles. The molecule has 18 heavy (non-hydrogen) atoms. The maximum Gasteiger partial charge on any atom is 0.0991 e. The van der Waals surface area contributed by atoms with Crippen molar-refractivity contribution in [2.75, 3.05) is 0 Å². The Morgan fingerprint density at radius 2 is 1.89 bits per heavy atom. The third-order valence-corrected chi connectivity index (χ3v) is 2.98. The van der Waals surface area contributed by atoms with E-state index in [4.69, 9.17) is 5.26 Å². The van der Waals surface area contributed by atoms with Crippen LogP contribution in [0.4, 0.5) is 0 Å². The second kappa shape index (κ2) is 4.01. The molecule has 0 aliphatic rings. The monoisotopic (exact) mass is 233 g/mol. The zero-order valence-corrected chi connectivity index (χ0v) is 9.96. The Kier molecular flexibility index (Phi) is 2.35. The van der Waals surface area contributed by atoms with Crippen molar-refractivity contribution in [3.05, 3.63) is 59.8 Å². The number of hydrogen-bond acceptors (Lipinski definition) is 2. The lowest BCUT2D eigenvalue weighted by molar-refractivity contribution is 0.910. The van der Waals surface area contributed by atoms with Crippen LogP contribution in [-0.2, 0) is 0 Å². The highest BCUT2D eigenvalue weighted by Gasteiger charge is 2.05. The summed E-state index contributed by atoms with van der Waals surface area (Å²) < 4.78 is 1.88. The third-order valence-electron chi connectivity index (χ3n) is 2.98. The smallest absolute Gasteiger partial charge is 0.0991 e. The minimum absolute atomic E-state index is 0.658. The van der Waals surface area contributed by atoms with Gasteiger partial charge < -0.3 is 0 Å². The molecule has 0 amide bonds. The summed E-state index contributed by atoms with van der Waals surface area (Å²) in [6.07, 6.45) is 1.79. The third kappa shape index (κ3) is 1.64. The maximum absolute atomic E-state index is 8.87. The van der Waals surface area contributed by atoms with Gasteiger partial charge in [-0.1, -0.05) is 17.7 Å². The summed E-state index contributed by atoms with van der Waals surface area (Å²) in [4.78, 5) is 0. The standard InChI is InChI=1S/C15H11N3/c1-11-2-5-14(6-3-11)18-15-7-4-12(9-16)8-13(15)10-17-18/h2-8,10H,1H3. The van der Waals surface area contributed by atoms with Crippen molar-refractivity contribution in [2.45, 2.75) is 6.92 Å². The highest BCUT2D eigenvalue weighted by atomic mass is 15.3. The number of hydrogen-bond donors (Lipinski definition) is 0. The first-order valence-corrected chi connectivity index (χ1v) is 5.73. The van der Waals surface area contributed by atoms with Crippen LogP contribution in [0.3, 0.4) is 0 Å².